The van der Waals surface area contributed by atoms with Crippen molar-refractivity contribution >= 4 is 0 Å². The van der Waals surface area contributed by atoms with Crippen LogP contribution in [0.4, 0.5) is 0 Å². The summed E-state index contributed by atoms with van der Waals surface area (Å²) in [5, 5.41) is 3.50. The van der Waals surface area contributed by atoms with Gasteiger partial charge in [0.15, 0.2) is 0 Å². The standard InChI is InChI=1S/C13H27N3/c1-2-6-14-7-9-15-10-11-16-8-4-3-5-13(16)12-15/h13-14H,2-12H2,1H3. The Morgan fingerprint density at radius 1 is 1.12 bits per heavy atom. The highest BCUT2D eigenvalue weighted by Gasteiger charge is 2.28. The van der Waals surface area contributed by atoms with E-state index in [1.54, 1.807) is 0 Å². The fraction of sp³-hybridized carbons (Fsp3) is 1.00. The summed E-state index contributed by atoms with van der Waals surface area (Å²) < 4.78 is 0. The van der Waals surface area contributed by atoms with Crippen molar-refractivity contribution in [3.05, 3.63) is 0 Å². The summed E-state index contributed by atoms with van der Waals surface area (Å²) in [6.07, 6.45) is 5.55. The molecule has 0 aliphatic carbocycles. The molecule has 0 bridgehead atoms. The number of hydrogen-bond donors (Lipinski definition) is 1. The highest BCUT2D eigenvalue weighted by molar-refractivity contribution is 4.85. The maximum absolute atomic E-state index is 3.50. The molecule has 2 fully saturated rings. The second-order valence-electron chi connectivity index (χ2n) is 5.24. The van der Waals surface area contributed by atoms with Crippen molar-refractivity contribution < 1.29 is 0 Å². The van der Waals surface area contributed by atoms with E-state index in [4.69, 9.17) is 0 Å². The second-order valence-corrected chi connectivity index (χ2v) is 5.24. The largest absolute Gasteiger partial charge is 0.315 e. The normalized spacial score (nSPS) is 27.9. The molecule has 2 aliphatic heterocycles. The van der Waals surface area contributed by atoms with E-state index in [1.165, 1.54) is 71.5 Å². The number of hydrogen-bond acceptors (Lipinski definition) is 3. The first-order chi connectivity index (χ1) is 7.90. The van der Waals surface area contributed by atoms with E-state index in [9.17, 15) is 0 Å². The van der Waals surface area contributed by atoms with Gasteiger partial charge < -0.3 is 5.32 Å². The van der Waals surface area contributed by atoms with E-state index in [0.717, 1.165) is 6.04 Å². The average molecular weight is 225 g/mol. The molecule has 2 saturated heterocycles. The van der Waals surface area contributed by atoms with Gasteiger partial charge in [0.05, 0.1) is 0 Å². The van der Waals surface area contributed by atoms with Gasteiger partial charge in [0.25, 0.3) is 0 Å². The molecule has 16 heavy (non-hydrogen) atoms. The summed E-state index contributed by atoms with van der Waals surface area (Å²) in [5.74, 6) is 0. The zero-order chi connectivity index (χ0) is 11.2. The monoisotopic (exact) mass is 225 g/mol. The van der Waals surface area contributed by atoms with E-state index >= 15 is 0 Å². The second kappa shape index (κ2) is 6.58. The van der Waals surface area contributed by atoms with Crippen molar-refractivity contribution in [3.8, 4) is 0 Å². The zero-order valence-corrected chi connectivity index (χ0v) is 10.7. The van der Waals surface area contributed by atoms with Gasteiger partial charge in [-0.1, -0.05) is 13.3 Å². The Morgan fingerprint density at radius 3 is 2.94 bits per heavy atom. The van der Waals surface area contributed by atoms with Crippen LogP contribution in [-0.2, 0) is 0 Å². The van der Waals surface area contributed by atoms with E-state index < -0.39 is 0 Å². The smallest absolute Gasteiger partial charge is 0.0223 e. The van der Waals surface area contributed by atoms with Gasteiger partial charge >= 0.3 is 0 Å². The van der Waals surface area contributed by atoms with Gasteiger partial charge in [-0.3, -0.25) is 9.80 Å². The molecule has 1 atom stereocenters. The van der Waals surface area contributed by atoms with Gasteiger partial charge in [-0.2, -0.15) is 0 Å². The van der Waals surface area contributed by atoms with Gasteiger partial charge in [-0.05, 0) is 32.4 Å². The molecule has 2 heterocycles. The predicted octanol–water partition coefficient (Wildman–Crippen LogP) is 1.16. The molecule has 0 aromatic carbocycles. The first kappa shape index (κ1) is 12.3. The highest BCUT2D eigenvalue weighted by Crippen LogP contribution is 2.20. The third kappa shape index (κ3) is 3.44. The predicted molar refractivity (Wildman–Crippen MR) is 68.8 cm³/mol. The number of fused-ring (bicyclic) bond motifs is 1. The van der Waals surface area contributed by atoms with Gasteiger partial charge in [0.2, 0.25) is 0 Å². The van der Waals surface area contributed by atoms with E-state index in [-0.39, 0.29) is 0 Å². The Kier molecular flexibility index (Phi) is 5.07. The van der Waals surface area contributed by atoms with Gasteiger partial charge in [-0.25, -0.2) is 0 Å². The fourth-order valence-electron chi connectivity index (χ4n) is 2.96. The number of rotatable bonds is 5. The zero-order valence-electron chi connectivity index (χ0n) is 10.7. The van der Waals surface area contributed by atoms with Crippen LogP contribution in [0.3, 0.4) is 0 Å². The molecule has 0 spiro atoms. The molecular weight excluding hydrogens is 198 g/mol. The Labute approximate surface area is 100 Å². The Morgan fingerprint density at radius 2 is 2.06 bits per heavy atom. The van der Waals surface area contributed by atoms with Crippen LogP contribution in [0, 0.1) is 0 Å². The molecule has 1 unspecified atom stereocenters. The van der Waals surface area contributed by atoms with E-state index in [0.29, 0.717) is 0 Å². The molecule has 1 N–H and O–H groups in total. The van der Waals surface area contributed by atoms with E-state index in [2.05, 4.69) is 22.0 Å². The van der Waals surface area contributed by atoms with E-state index in [1.807, 2.05) is 0 Å². The quantitative estimate of drug-likeness (QED) is 0.708. The highest BCUT2D eigenvalue weighted by atomic mass is 15.3. The minimum atomic E-state index is 0.869. The van der Waals surface area contributed by atoms with Crippen LogP contribution < -0.4 is 5.32 Å². The topological polar surface area (TPSA) is 18.5 Å². The molecule has 0 saturated carbocycles. The summed E-state index contributed by atoms with van der Waals surface area (Å²) >= 11 is 0. The maximum atomic E-state index is 3.50. The fourth-order valence-corrected chi connectivity index (χ4v) is 2.96. The van der Waals surface area contributed by atoms with Gasteiger partial charge in [0, 0.05) is 38.8 Å². The number of piperidine rings is 1. The summed E-state index contributed by atoms with van der Waals surface area (Å²) in [6.45, 7) is 11.1. The maximum Gasteiger partial charge on any atom is 0.0223 e. The molecule has 94 valence electrons. The molecule has 3 nitrogen and oxygen atoms in total. The first-order valence-electron chi connectivity index (χ1n) is 7.07. The molecule has 2 aliphatic rings. The summed E-state index contributed by atoms with van der Waals surface area (Å²) in [5.41, 5.74) is 0. The molecule has 0 aromatic rings. The minimum absolute atomic E-state index is 0.869. The van der Waals surface area contributed by atoms with Crippen molar-refractivity contribution in [1.82, 2.24) is 15.1 Å². The summed E-state index contributed by atoms with van der Waals surface area (Å²) in [4.78, 5) is 5.36. The van der Waals surface area contributed by atoms with Crippen molar-refractivity contribution in [1.29, 1.82) is 0 Å². The molecular formula is C13H27N3. The van der Waals surface area contributed by atoms with Gasteiger partial charge in [0.1, 0.15) is 0 Å². The van der Waals surface area contributed by atoms with Crippen LogP contribution in [-0.4, -0.2) is 61.7 Å². The Bertz CT molecular complexity index is 196. The lowest BCUT2D eigenvalue weighted by Gasteiger charge is -2.44. The van der Waals surface area contributed by atoms with Crippen LogP contribution in [0.1, 0.15) is 32.6 Å². The SMILES string of the molecule is CCCNCCN1CCN2CCCCC2C1. The lowest BCUT2D eigenvalue weighted by Crippen LogP contribution is -2.55. The third-order valence-electron chi connectivity index (χ3n) is 3.95. The van der Waals surface area contributed by atoms with Gasteiger partial charge in [-0.15, -0.1) is 0 Å². The number of nitrogens with one attached hydrogen (secondary N) is 1. The molecule has 0 aromatic heterocycles. The number of piperazine rings is 1. The Hall–Kier alpha value is -0.120. The van der Waals surface area contributed by atoms with Crippen LogP contribution in [0.15, 0.2) is 0 Å². The third-order valence-corrected chi connectivity index (χ3v) is 3.95. The Balaban J connectivity index is 1.65. The van der Waals surface area contributed by atoms with Crippen LogP contribution >= 0.6 is 0 Å². The first-order valence-corrected chi connectivity index (χ1v) is 7.07. The van der Waals surface area contributed by atoms with Crippen molar-refractivity contribution in [2.45, 2.75) is 38.6 Å². The van der Waals surface area contributed by atoms with Crippen LogP contribution in [0.5, 0.6) is 0 Å². The molecule has 2 rings (SSSR count). The van der Waals surface area contributed by atoms with Crippen LogP contribution in [0.25, 0.3) is 0 Å². The average Bonchev–Trinajstić information content (AvgIpc) is 2.34. The van der Waals surface area contributed by atoms with Crippen molar-refractivity contribution in [2.24, 2.45) is 0 Å². The lowest BCUT2D eigenvalue weighted by atomic mass is 9.99. The lowest BCUT2D eigenvalue weighted by molar-refractivity contribution is 0.0500. The molecule has 0 amide bonds. The van der Waals surface area contributed by atoms with Crippen molar-refractivity contribution in [3.63, 3.8) is 0 Å². The van der Waals surface area contributed by atoms with Crippen molar-refractivity contribution in [2.75, 3.05) is 45.8 Å². The number of nitrogens with zero attached hydrogens (tertiary/aromatic N) is 2. The minimum Gasteiger partial charge on any atom is -0.315 e. The summed E-state index contributed by atoms with van der Waals surface area (Å²) in [7, 11) is 0. The molecule has 0 radical (unpaired) electrons. The molecule has 3 heteroatoms. The van der Waals surface area contributed by atoms with Crippen LogP contribution in [0.2, 0.25) is 0 Å². The summed E-state index contributed by atoms with van der Waals surface area (Å²) in [6, 6.07) is 0.869.